The van der Waals surface area contributed by atoms with Crippen LogP contribution in [0.4, 0.5) is 24.5 Å². The summed E-state index contributed by atoms with van der Waals surface area (Å²) in [4.78, 5) is 38.8. The summed E-state index contributed by atoms with van der Waals surface area (Å²) in [6, 6.07) is 3.02. The molecule has 1 saturated heterocycles. The van der Waals surface area contributed by atoms with Crippen LogP contribution in [-0.2, 0) is 20.9 Å². The van der Waals surface area contributed by atoms with Gasteiger partial charge in [-0.3, -0.25) is 9.59 Å². The Hall–Kier alpha value is -4.06. The monoisotopic (exact) mass is 518 g/mol. The number of nitrogens with zero attached hydrogens (tertiary/aromatic N) is 2. The number of nitrogen functional groups attached to an aromatic ring is 1. The topological polar surface area (TPSA) is 116 Å². The lowest BCUT2D eigenvalue weighted by atomic mass is 10.1. The fraction of sp³-hybridized carbons (Fsp3) is 0.320. The minimum absolute atomic E-state index is 0.0208. The van der Waals surface area contributed by atoms with Gasteiger partial charge in [0.1, 0.15) is 29.5 Å². The Balaban J connectivity index is 2.10. The van der Waals surface area contributed by atoms with Gasteiger partial charge in [0.2, 0.25) is 5.43 Å². The van der Waals surface area contributed by atoms with Gasteiger partial charge >= 0.3 is 11.9 Å². The van der Waals surface area contributed by atoms with Crippen molar-refractivity contribution in [1.29, 1.82) is 0 Å². The lowest BCUT2D eigenvalue weighted by molar-refractivity contribution is -0.142. The number of nitrogens with two attached hydrogens (primary N) is 1. The Morgan fingerprint density at radius 2 is 1.78 bits per heavy atom. The van der Waals surface area contributed by atoms with Crippen molar-refractivity contribution in [2.45, 2.75) is 20.5 Å². The van der Waals surface area contributed by atoms with Crippen LogP contribution in [0.1, 0.15) is 29.8 Å². The molecule has 0 bridgehead atoms. The molecule has 1 aliphatic rings. The van der Waals surface area contributed by atoms with Crippen molar-refractivity contribution in [1.82, 2.24) is 9.88 Å². The summed E-state index contributed by atoms with van der Waals surface area (Å²) in [5, 5.41) is 2.67. The number of hydrogen-bond donors (Lipinski definition) is 2. The number of rotatable bonds is 6. The Labute approximate surface area is 209 Å². The molecule has 0 unspecified atom stereocenters. The second-order valence-corrected chi connectivity index (χ2v) is 8.40. The van der Waals surface area contributed by atoms with Gasteiger partial charge in [0, 0.05) is 44.9 Å². The normalized spacial score (nSPS) is 13.6. The van der Waals surface area contributed by atoms with E-state index in [-0.39, 0.29) is 34.7 Å². The molecule has 0 saturated carbocycles. The molecule has 0 spiro atoms. The maximum Gasteiger partial charge on any atom is 0.343 e. The third kappa shape index (κ3) is 4.96. The highest BCUT2D eigenvalue weighted by Gasteiger charge is 2.27. The average Bonchev–Trinajstić information content (AvgIpc) is 2.86. The third-order valence-corrected chi connectivity index (χ3v) is 5.97. The zero-order chi connectivity index (χ0) is 26.9. The van der Waals surface area contributed by atoms with Gasteiger partial charge in [-0.25, -0.2) is 18.0 Å². The molecule has 196 valence electrons. The molecule has 1 fully saturated rings. The Kier molecular flexibility index (Phi) is 7.39. The van der Waals surface area contributed by atoms with E-state index in [1.165, 1.54) is 11.8 Å². The smallest absolute Gasteiger partial charge is 0.343 e. The van der Waals surface area contributed by atoms with Crippen molar-refractivity contribution in [2.75, 3.05) is 43.4 Å². The van der Waals surface area contributed by atoms with E-state index in [1.54, 1.807) is 0 Å². The van der Waals surface area contributed by atoms with E-state index >= 15 is 8.78 Å². The number of carbonyl (C=O) groups excluding carboxylic acids is 2. The molecule has 0 aliphatic carbocycles. The molecular weight excluding hydrogens is 493 g/mol. The Bertz CT molecular complexity index is 1450. The van der Waals surface area contributed by atoms with Gasteiger partial charge in [-0.1, -0.05) is 0 Å². The number of hydrogen-bond acceptors (Lipinski definition) is 8. The summed E-state index contributed by atoms with van der Waals surface area (Å²) in [5.74, 6) is -4.52. The summed E-state index contributed by atoms with van der Waals surface area (Å²) in [7, 11) is 0. The van der Waals surface area contributed by atoms with Crippen LogP contribution in [0, 0.1) is 17.5 Å². The third-order valence-electron chi connectivity index (χ3n) is 5.97. The standard InChI is InChI=1S/C25H25F3N4O5/c1-3-36-25(35)16-11-32(20-10-19(29)17(26)8-14(20)12-37-13(2)33)22-15(24(16)34)9-18(27)23(21(22)28)31-6-4-30-5-7-31/h8-11,30H,3-7,12,29H2,1-2H3. The van der Waals surface area contributed by atoms with E-state index in [2.05, 4.69) is 5.32 Å². The average molecular weight is 518 g/mol. The van der Waals surface area contributed by atoms with Crippen molar-refractivity contribution in [3.05, 3.63) is 63.2 Å². The molecule has 1 aromatic heterocycles. The Morgan fingerprint density at radius 1 is 1.08 bits per heavy atom. The first-order valence-corrected chi connectivity index (χ1v) is 11.6. The van der Waals surface area contributed by atoms with Gasteiger partial charge in [0.25, 0.3) is 0 Å². The number of ether oxygens (including phenoxy) is 2. The van der Waals surface area contributed by atoms with Crippen LogP contribution < -0.4 is 21.4 Å². The predicted molar refractivity (Wildman–Crippen MR) is 130 cm³/mol. The van der Waals surface area contributed by atoms with E-state index in [4.69, 9.17) is 15.2 Å². The van der Waals surface area contributed by atoms with Crippen molar-refractivity contribution in [2.24, 2.45) is 0 Å². The maximum absolute atomic E-state index is 16.2. The number of esters is 2. The number of nitrogens with one attached hydrogen (secondary N) is 1. The van der Waals surface area contributed by atoms with E-state index in [9.17, 15) is 18.8 Å². The van der Waals surface area contributed by atoms with Crippen molar-refractivity contribution in [3.8, 4) is 5.69 Å². The van der Waals surface area contributed by atoms with Crippen LogP contribution in [0.15, 0.2) is 29.2 Å². The molecule has 9 nitrogen and oxygen atoms in total. The summed E-state index contributed by atoms with van der Waals surface area (Å²) in [6.45, 7) is 3.83. The first-order chi connectivity index (χ1) is 17.6. The number of benzene rings is 2. The second kappa shape index (κ2) is 10.5. The SMILES string of the molecule is CCOC(=O)c1cn(-c2cc(N)c(F)cc2COC(C)=O)c2c(F)c(N3CCNCC3)c(F)cc2c1=O. The molecule has 37 heavy (non-hydrogen) atoms. The maximum atomic E-state index is 16.2. The molecule has 2 aromatic carbocycles. The number of aromatic nitrogens is 1. The highest BCUT2D eigenvalue weighted by molar-refractivity contribution is 5.95. The molecule has 3 N–H and O–H groups in total. The van der Waals surface area contributed by atoms with Gasteiger partial charge in [-0.15, -0.1) is 0 Å². The van der Waals surface area contributed by atoms with Crippen LogP contribution in [0.3, 0.4) is 0 Å². The zero-order valence-corrected chi connectivity index (χ0v) is 20.2. The minimum Gasteiger partial charge on any atom is -0.462 e. The minimum atomic E-state index is -1.05. The lowest BCUT2D eigenvalue weighted by Crippen LogP contribution is -2.44. The van der Waals surface area contributed by atoms with Gasteiger partial charge in [0.05, 0.1) is 28.9 Å². The van der Waals surface area contributed by atoms with Crippen molar-refractivity contribution >= 4 is 34.2 Å². The number of carbonyl (C=O) groups is 2. The van der Waals surface area contributed by atoms with E-state index < -0.39 is 52.4 Å². The van der Waals surface area contributed by atoms with Crippen LogP contribution in [0.25, 0.3) is 16.6 Å². The fourth-order valence-corrected chi connectivity index (χ4v) is 4.27. The quantitative estimate of drug-likeness (QED) is 0.378. The highest BCUT2D eigenvalue weighted by atomic mass is 19.1. The number of fused-ring (bicyclic) bond motifs is 1. The zero-order valence-electron chi connectivity index (χ0n) is 20.2. The van der Waals surface area contributed by atoms with E-state index in [0.29, 0.717) is 26.2 Å². The molecule has 4 rings (SSSR count). The number of piperazine rings is 1. The fourth-order valence-electron chi connectivity index (χ4n) is 4.27. The number of anilines is 2. The summed E-state index contributed by atoms with van der Waals surface area (Å²) < 4.78 is 56.9. The predicted octanol–water partition coefficient (Wildman–Crippen LogP) is 2.64. The molecule has 0 atom stereocenters. The molecule has 0 amide bonds. The first kappa shape index (κ1) is 26.0. The van der Waals surface area contributed by atoms with Crippen molar-refractivity contribution in [3.63, 3.8) is 0 Å². The molecule has 1 aliphatic heterocycles. The van der Waals surface area contributed by atoms with E-state index in [1.807, 2.05) is 0 Å². The first-order valence-electron chi connectivity index (χ1n) is 11.6. The van der Waals surface area contributed by atoms with Crippen LogP contribution in [-0.4, -0.2) is 49.3 Å². The van der Waals surface area contributed by atoms with Gasteiger partial charge in [-0.2, -0.15) is 0 Å². The van der Waals surface area contributed by atoms with Crippen molar-refractivity contribution < 1.29 is 32.2 Å². The largest absolute Gasteiger partial charge is 0.462 e. The second-order valence-electron chi connectivity index (χ2n) is 8.40. The van der Waals surface area contributed by atoms with E-state index in [0.717, 1.165) is 35.9 Å². The van der Waals surface area contributed by atoms with Crippen LogP contribution in [0.2, 0.25) is 0 Å². The Morgan fingerprint density at radius 3 is 2.43 bits per heavy atom. The van der Waals surface area contributed by atoms with Gasteiger partial charge < -0.3 is 30.0 Å². The highest BCUT2D eigenvalue weighted by Crippen LogP contribution is 2.33. The van der Waals surface area contributed by atoms with Gasteiger partial charge in [0.15, 0.2) is 5.82 Å². The molecule has 0 radical (unpaired) electrons. The molecule has 12 heteroatoms. The van der Waals surface area contributed by atoms with Gasteiger partial charge in [-0.05, 0) is 25.1 Å². The number of pyridine rings is 1. The summed E-state index contributed by atoms with van der Waals surface area (Å²) in [5.41, 5.74) is 3.42. The van der Waals surface area contributed by atoms with Crippen LogP contribution in [0.5, 0.6) is 0 Å². The molecule has 2 heterocycles. The van der Waals surface area contributed by atoms with Crippen LogP contribution >= 0.6 is 0 Å². The summed E-state index contributed by atoms with van der Waals surface area (Å²) >= 11 is 0. The molecule has 3 aromatic rings. The number of halogens is 3. The lowest BCUT2D eigenvalue weighted by Gasteiger charge is -2.30. The molecular formula is C25H25F3N4O5. The summed E-state index contributed by atoms with van der Waals surface area (Å²) in [6.07, 6.45) is 1.04.